The Balaban J connectivity index is 1.29. The van der Waals surface area contributed by atoms with Crippen molar-refractivity contribution in [2.24, 2.45) is 29.6 Å². The van der Waals surface area contributed by atoms with E-state index in [9.17, 15) is 5.11 Å². The fourth-order valence-electron chi connectivity index (χ4n) is 6.76. The average Bonchev–Trinajstić information content (AvgIpc) is 2.69. The molecule has 4 rings (SSSR count). The zero-order valence-electron chi connectivity index (χ0n) is 16.7. The minimum atomic E-state index is 0.400. The Hall–Kier alpha value is -0.980. The van der Waals surface area contributed by atoms with Crippen LogP contribution in [0.5, 0.6) is 5.75 Å². The smallest absolute Gasteiger partial charge is 0.115 e. The van der Waals surface area contributed by atoms with Crippen LogP contribution in [0.4, 0.5) is 0 Å². The summed E-state index contributed by atoms with van der Waals surface area (Å²) in [6.07, 6.45) is 17.7. The van der Waals surface area contributed by atoms with Gasteiger partial charge in [-0.2, -0.15) is 0 Å². The quantitative estimate of drug-likeness (QED) is 0.601. The van der Waals surface area contributed by atoms with Crippen molar-refractivity contribution in [3.8, 4) is 5.75 Å². The summed E-state index contributed by atoms with van der Waals surface area (Å²) in [7, 11) is 0. The molecule has 1 heteroatoms. The lowest BCUT2D eigenvalue weighted by Crippen LogP contribution is -2.34. The molecule has 0 aliphatic heterocycles. The van der Waals surface area contributed by atoms with Gasteiger partial charge in [-0.15, -0.1) is 0 Å². The number of benzene rings is 1. The van der Waals surface area contributed by atoms with Crippen LogP contribution in [0.2, 0.25) is 0 Å². The molecule has 0 spiro atoms. The van der Waals surface area contributed by atoms with Gasteiger partial charge in [-0.25, -0.2) is 0 Å². The van der Waals surface area contributed by atoms with Crippen LogP contribution in [0, 0.1) is 29.6 Å². The van der Waals surface area contributed by atoms with Crippen LogP contribution < -0.4 is 0 Å². The van der Waals surface area contributed by atoms with Gasteiger partial charge in [0.05, 0.1) is 0 Å². The van der Waals surface area contributed by atoms with Crippen LogP contribution in [0.25, 0.3) is 0 Å². The molecular formula is C25H38O. The first-order chi connectivity index (χ1) is 12.7. The largest absolute Gasteiger partial charge is 0.508 e. The van der Waals surface area contributed by atoms with E-state index in [0.717, 1.165) is 35.5 Å². The Labute approximate surface area is 160 Å². The molecule has 0 heterocycles. The second-order valence-electron chi connectivity index (χ2n) is 9.76. The molecular weight excluding hydrogens is 316 g/mol. The van der Waals surface area contributed by atoms with Crippen molar-refractivity contribution >= 4 is 0 Å². The number of rotatable bonds is 4. The molecule has 3 saturated carbocycles. The van der Waals surface area contributed by atoms with Gasteiger partial charge in [0.25, 0.3) is 0 Å². The predicted molar refractivity (Wildman–Crippen MR) is 109 cm³/mol. The molecule has 0 bridgehead atoms. The lowest BCUT2D eigenvalue weighted by Gasteiger charge is -2.45. The minimum absolute atomic E-state index is 0.400. The van der Waals surface area contributed by atoms with E-state index in [0.29, 0.717) is 5.75 Å². The fourth-order valence-corrected chi connectivity index (χ4v) is 6.76. The van der Waals surface area contributed by atoms with E-state index in [2.05, 4.69) is 19.1 Å². The summed E-state index contributed by atoms with van der Waals surface area (Å²) < 4.78 is 0. The molecule has 0 saturated heterocycles. The highest BCUT2D eigenvalue weighted by atomic mass is 16.3. The SMILES string of the molecule is CCCC1CCC(C2CCC3CC(c4ccc(O)cc4)CCC3C2)CC1. The molecule has 0 radical (unpaired) electrons. The van der Waals surface area contributed by atoms with E-state index in [4.69, 9.17) is 0 Å². The Morgan fingerprint density at radius 2 is 1.31 bits per heavy atom. The number of phenolic OH excluding ortho intramolecular Hbond substituents is 1. The summed E-state index contributed by atoms with van der Waals surface area (Å²) in [4.78, 5) is 0. The van der Waals surface area contributed by atoms with Gasteiger partial charge in [0.2, 0.25) is 0 Å². The highest BCUT2D eigenvalue weighted by Gasteiger charge is 2.38. The predicted octanol–water partition coefficient (Wildman–Crippen LogP) is 7.30. The van der Waals surface area contributed by atoms with Crippen LogP contribution in [0.15, 0.2) is 24.3 Å². The molecule has 4 atom stereocenters. The third-order valence-corrected chi connectivity index (χ3v) is 8.27. The first-order valence-corrected chi connectivity index (χ1v) is 11.5. The number of fused-ring (bicyclic) bond motifs is 1. The van der Waals surface area contributed by atoms with Crippen molar-refractivity contribution in [3.05, 3.63) is 29.8 Å². The van der Waals surface area contributed by atoms with Gasteiger partial charge < -0.3 is 5.11 Å². The molecule has 26 heavy (non-hydrogen) atoms. The van der Waals surface area contributed by atoms with Gasteiger partial charge in [-0.1, -0.05) is 44.7 Å². The van der Waals surface area contributed by atoms with E-state index >= 15 is 0 Å². The summed E-state index contributed by atoms with van der Waals surface area (Å²) in [6.45, 7) is 2.35. The Bertz CT molecular complexity index is 554. The first-order valence-electron chi connectivity index (χ1n) is 11.5. The third kappa shape index (κ3) is 4.12. The Morgan fingerprint density at radius 3 is 2.00 bits per heavy atom. The maximum Gasteiger partial charge on any atom is 0.115 e. The number of hydrogen-bond acceptors (Lipinski definition) is 1. The Morgan fingerprint density at radius 1 is 0.731 bits per heavy atom. The molecule has 0 amide bonds. The summed E-state index contributed by atoms with van der Waals surface area (Å²) in [5, 5.41) is 9.54. The van der Waals surface area contributed by atoms with Crippen molar-refractivity contribution in [1.82, 2.24) is 0 Å². The molecule has 1 aromatic carbocycles. The summed E-state index contributed by atoms with van der Waals surface area (Å²) >= 11 is 0. The molecule has 3 fully saturated rings. The monoisotopic (exact) mass is 354 g/mol. The van der Waals surface area contributed by atoms with Gasteiger partial charge in [-0.05, 0) is 105 Å². The normalized spacial score (nSPS) is 37.9. The molecule has 1 N–H and O–H groups in total. The topological polar surface area (TPSA) is 20.2 Å². The molecule has 1 nitrogen and oxygen atoms in total. The van der Waals surface area contributed by atoms with Gasteiger partial charge in [0.1, 0.15) is 5.75 Å². The lowest BCUT2D eigenvalue weighted by molar-refractivity contribution is 0.0712. The second kappa shape index (κ2) is 8.36. The molecule has 1 aromatic rings. The highest BCUT2D eigenvalue weighted by molar-refractivity contribution is 5.28. The van der Waals surface area contributed by atoms with Gasteiger partial charge in [0, 0.05) is 0 Å². The van der Waals surface area contributed by atoms with Gasteiger partial charge >= 0.3 is 0 Å². The number of phenols is 1. The summed E-state index contributed by atoms with van der Waals surface area (Å²) in [5.74, 6) is 6.26. The van der Waals surface area contributed by atoms with Crippen molar-refractivity contribution in [2.45, 2.75) is 89.9 Å². The zero-order chi connectivity index (χ0) is 17.9. The molecule has 144 valence electrons. The van der Waals surface area contributed by atoms with Crippen molar-refractivity contribution in [2.75, 3.05) is 0 Å². The molecule has 3 aliphatic carbocycles. The van der Waals surface area contributed by atoms with Crippen LogP contribution >= 0.6 is 0 Å². The Kier molecular flexibility index (Phi) is 5.91. The van der Waals surface area contributed by atoms with Crippen molar-refractivity contribution in [3.63, 3.8) is 0 Å². The van der Waals surface area contributed by atoms with E-state index < -0.39 is 0 Å². The van der Waals surface area contributed by atoms with Gasteiger partial charge in [-0.3, -0.25) is 0 Å². The summed E-state index contributed by atoms with van der Waals surface area (Å²) in [5.41, 5.74) is 1.46. The van der Waals surface area contributed by atoms with E-state index in [1.54, 1.807) is 0 Å². The van der Waals surface area contributed by atoms with E-state index in [-0.39, 0.29) is 0 Å². The zero-order valence-corrected chi connectivity index (χ0v) is 16.7. The maximum atomic E-state index is 9.54. The van der Waals surface area contributed by atoms with E-state index in [1.165, 1.54) is 82.6 Å². The van der Waals surface area contributed by atoms with Crippen LogP contribution in [0.3, 0.4) is 0 Å². The summed E-state index contributed by atoms with van der Waals surface area (Å²) in [6, 6.07) is 8.04. The van der Waals surface area contributed by atoms with Crippen molar-refractivity contribution in [1.29, 1.82) is 0 Å². The minimum Gasteiger partial charge on any atom is -0.508 e. The third-order valence-electron chi connectivity index (χ3n) is 8.27. The standard InChI is InChI=1S/C25H38O/c1-2-3-18-4-6-19(7-5-18)21-8-10-24-17-22(9-11-23(24)16-21)20-12-14-25(26)15-13-20/h12-15,18-19,21-24,26H,2-11,16-17H2,1H3. The maximum absolute atomic E-state index is 9.54. The van der Waals surface area contributed by atoms with Crippen LogP contribution in [-0.4, -0.2) is 5.11 Å². The fraction of sp³-hybridized carbons (Fsp3) is 0.760. The number of hydrogen-bond donors (Lipinski definition) is 1. The highest BCUT2D eigenvalue weighted by Crippen LogP contribution is 2.51. The van der Waals surface area contributed by atoms with Crippen LogP contribution in [-0.2, 0) is 0 Å². The van der Waals surface area contributed by atoms with Crippen molar-refractivity contribution < 1.29 is 5.11 Å². The van der Waals surface area contributed by atoms with Gasteiger partial charge in [0.15, 0.2) is 0 Å². The molecule has 3 aliphatic rings. The second-order valence-corrected chi connectivity index (χ2v) is 9.76. The molecule has 0 aromatic heterocycles. The molecule has 4 unspecified atom stereocenters. The average molecular weight is 355 g/mol. The lowest BCUT2D eigenvalue weighted by atomic mass is 9.60. The van der Waals surface area contributed by atoms with E-state index in [1.807, 2.05) is 12.1 Å². The number of aromatic hydroxyl groups is 1. The first kappa shape index (κ1) is 18.4. The van der Waals surface area contributed by atoms with Crippen LogP contribution in [0.1, 0.15) is 95.5 Å².